The van der Waals surface area contributed by atoms with Crippen LogP contribution < -0.4 is 4.90 Å². The van der Waals surface area contributed by atoms with Gasteiger partial charge in [0.2, 0.25) is 0 Å². The van der Waals surface area contributed by atoms with Gasteiger partial charge in [-0.25, -0.2) is 14.8 Å². The molecule has 7 nitrogen and oxygen atoms in total. The van der Waals surface area contributed by atoms with Crippen LogP contribution in [0.3, 0.4) is 0 Å². The first-order chi connectivity index (χ1) is 14.2. The maximum Gasteiger partial charge on any atom is 0.435 e. The number of anilines is 1. The molecule has 4 heterocycles. The van der Waals surface area contributed by atoms with Gasteiger partial charge >= 0.3 is 12.1 Å². The van der Waals surface area contributed by atoms with Crippen LogP contribution in [-0.4, -0.2) is 45.9 Å². The number of esters is 1. The van der Waals surface area contributed by atoms with Crippen molar-refractivity contribution in [3.8, 4) is 0 Å². The van der Waals surface area contributed by atoms with Gasteiger partial charge < -0.3 is 9.64 Å². The summed E-state index contributed by atoms with van der Waals surface area (Å²) in [5.41, 5.74) is -0.145. The highest BCUT2D eigenvalue weighted by atomic mass is 32.1. The predicted octanol–water partition coefficient (Wildman–Crippen LogP) is 4.15. The predicted molar refractivity (Wildman–Crippen MR) is 106 cm³/mol. The number of carbonyl (C=O) groups is 1. The van der Waals surface area contributed by atoms with E-state index in [1.807, 2.05) is 11.8 Å². The molecule has 1 saturated heterocycles. The van der Waals surface area contributed by atoms with Gasteiger partial charge in [0.15, 0.2) is 5.69 Å². The standard InChI is InChI=1S/C19H20F3N5O2S/c1-10-14-16(23-11(2)24-17(14)30-15(10)18(28)29-3)26-7-4-5-12(9-26)27-8-6-13(25-27)19(20,21)22/h6,8,12H,4-5,7,9H2,1-3H3. The molecule has 0 radical (unpaired) electrons. The van der Waals surface area contributed by atoms with Crippen molar-refractivity contribution in [2.24, 2.45) is 0 Å². The van der Waals surface area contributed by atoms with Crippen molar-refractivity contribution in [3.05, 3.63) is 34.2 Å². The molecule has 0 saturated carbocycles. The van der Waals surface area contributed by atoms with E-state index >= 15 is 0 Å². The SMILES string of the molecule is COC(=O)c1sc2nc(C)nc(N3CCCC(n4ccc(C(F)(F)F)n4)C3)c2c1C. The molecule has 1 unspecified atom stereocenters. The summed E-state index contributed by atoms with van der Waals surface area (Å²) in [4.78, 5) is 24.4. The Kier molecular flexibility index (Phi) is 5.16. The van der Waals surface area contributed by atoms with Crippen molar-refractivity contribution in [2.75, 3.05) is 25.1 Å². The molecule has 30 heavy (non-hydrogen) atoms. The zero-order valence-corrected chi connectivity index (χ0v) is 17.5. The van der Waals surface area contributed by atoms with Crippen LogP contribution >= 0.6 is 11.3 Å². The van der Waals surface area contributed by atoms with Crippen LogP contribution in [-0.2, 0) is 10.9 Å². The van der Waals surface area contributed by atoms with Crippen LogP contribution in [0.25, 0.3) is 10.2 Å². The minimum Gasteiger partial charge on any atom is -0.465 e. The number of aryl methyl sites for hydroxylation is 2. The lowest BCUT2D eigenvalue weighted by Crippen LogP contribution is -2.37. The molecule has 0 N–H and O–H groups in total. The van der Waals surface area contributed by atoms with E-state index < -0.39 is 17.8 Å². The number of aromatic nitrogens is 4. The number of alkyl halides is 3. The van der Waals surface area contributed by atoms with Crippen molar-refractivity contribution < 1.29 is 22.7 Å². The molecule has 0 bridgehead atoms. The molecule has 1 atom stereocenters. The second-order valence-corrected chi connectivity index (χ2v) is 8.24. The molecule has 0 aliphatic carbocycles. The van der Waals surface area contributed by atoms with Gasteiger partial charge in [-0.05, 0) is 38.3 Å². The highest BCUT2D eigenvalue weighted by Gasteiger charge is 2.35. The van der Waals surface area contributed by atoms with E-state index in [0.29, 0.717) is 34.4 Å². The molecule has 3 aromatic rings. The first kappa shape index (κ1) is 20.6. The average Bonchev–Trinajstić information content (AvgIpc) is 3.32. The van der Waals surface area contributed by atoms with E-state index in [1.54, 1.807) is 6.92 Å². The number of methoxy groups -OCH3 is 1. The summed E-state index contributed by atoms with van der Waals surface area (Å²) in [7, 11) is 1.33. The van der Waals surface area contributed by atoms with Gasteiger partial charge in [-0.15, -0.1) is 11.3 Å². The Bertz CT molecular complexity index is 1110. The summed E-state index contributed by atoms with van der Waals surface area (Å²) in [5, 5.41) is 4.52. The minimum absolute atomic E-state index is 0.209. The minimum atomic E-state index is -4.46. The smallest absolute Gasteiger partial charge is 0.435 e. The molecule has 1 aliphatic rings. The second-order valence-electron chi connectivity index (χ2n) is 7.24. The highest BCUT2D eigenvalue weighted by Crippen LogP contribution is 2.38. The number of piperidine rings is 1. The topological polar surface area (TPSA) is 73.1 Å². The Hall–Kier alpha value is -2.69. The molecular formula is C19H20F3N5O2S. The summed E-state index contributed by atoms with van der Waals surface area (Å²) in [6, 6.07) is 0.789. The van der Waals surface area contributed by atoms with E-state index in [0.717, 1.165) is 29.9 Å². The summed E-state index contributed by atoms with van der Waals surface area (Å²) in [6.07, 6.45) is -1.58. The number of rotatable bonds is 3. The van der Waals surface area contributed by atoms with Crippen LogP contribution in [0, 0.1) is 13.8 Å². The Morgan fingerprint density at radius 2 is 2.07 bits per heavy atom. The third-order valence-corrected chi connectivity index (χ3v) is 6.39. The van der Waals surface area contributed by atoms with Crippen LogP contribution in [0.15, 0.2) is 12.3 Å². The first-order valence-electron chi connectivity index (χ1n) is 9.42. The lowest BCUT2D eigenvalue weighted by molar-refractivity contribution is -0.141. The molecule has 0 amide bonds. The van der Waals surface area contributed by atoms with Crippen LogP contribution in [0.1, 0.15) is 45.6 Å². The first-order valence-corrected chi connectivity index (χ1v) is 10.2. The van der Waals surface area contributed by atoms with Crippen molar-refractivity contribution in [1.29, 1.82) is 0 Å². The number of fused-ring (bicyclic) bond motifs is 1. The van der Waals surface area contributed by atoms with Crippen molar-refractivity contribution in [3.63, 3.8) is 0 Å². The maximum absolute atomic E-state index is 12.9. The van der Waals surface area contributed by atoms with E-state index in [4.69, 9.17) is 4.74 Å². The lowest BCUT2D eigenvalue weighted by atomic mass is 10.1. The quantitative estimate of drug-likeness (QED) is 0.571. The van der Waals surface area contributed by atoms with Crippen LogP contribution in [0.4, 0.5) is 19.0 Å². The molecule has 0 spiro atoms. The summed E-state index contributed by atoms with van der Waals surface area (Å²) >= 11 is 1.26. The highest BCUT2D eigenvalue weighted by molar-refractivity contribution is 7.20. The lowest BCUT2D eigenvalue weighted by Gasteiger charge is -2.34. The van der Waals surface area contributed by atoms with Gasteiger partial charge in [0.25, 0.3) is 0 Å². The van der Waals surface area contributed by atoms with E-state index in [1.165, 1.54) is 29.3 Å². The molecule has 1 aliphatic heterocycles. The zero-order chi connectivity index (χ0) is 21.6. The summed E-state index contributed by atoms with van der Waals surface area (Å²) in [5.74, 6) is 0.830. The Morgan fingerprint density at radius 3 is 2.73 bits per heavy atom. The van der Waals surface area contributed by atoms with Gasteiger partial charge in [-0.1, -0.05) is 0 Å². The van der Waals surface area contributed by atoms with E-state index in [9.17, 15) is 18.0 Å². The van der Waals surface area contributed by atoms with Gasteiger partial charge in [0.1, 0.15) is 21.3 Å². The van der Waals surface area contributed by atoms with Crippen LogP contribution in [0.5, 0.6) is 0 Å². The van der Waals surface area contributed by atoms with E-state index in [-0.39, 0.29) is 6.04 Å². The Labute approximate surface area is 174 Å². The Morgan fingerprint density at radius 1 is 1.30 bits per heavy atom. The average molecular weight is 439 g/mol. The molecule has 1 fully saturated rings. The number of ether oxygens (including phenoxy) is 1. The molecule has 11 heteroatoms. The Balaban J connectivity index is 1.70. The fourth-order valence-electron chi connectivity index (χ4n) is 3.79. The molecule has 4 rings (SSSR count). The van der Waals surface area contributed by atoms with Gasteiger partial charge in [0, 0.05) is 19.3 Å². The van der Waals surface area contributed by atoms with Gasteiger partial charge in [0.05, 0.1) is 18.5 Å². The third-order valence-electron chi connectivity index (χ3n) is 5.22. The number of thiophene rings is 1. The molecule has 3 aromatic heterocycles. The fourth-order valence-corrected chi connectivity index (χ4v) is 4.93. The number of hydrogen-bond acceptors (Lipinski definition) is 7. The largest absolute Gasteiger partial charge is 0.465 e. The van der Waals surface area contributed by atoms with Gasteiger partial charge in [-0.2, -0.15) is 18.3 Å². The van der Waals surface area contributed by atoms with E-state index in [2.05, 4.69) is 15.1 Å². The zero-order valence-electron chi connectivity index (χ0n) is 16.7. The normalized spacial score (nSPS) is 17.5. The number of carbonyl (C=O) groups excluding carboxylic acids is 1. The molecule has 0 aromatic carbocycles. The molecular weight excluding hydrogens is 419 g/mol. The van der Waals surface area contributed by atoms with Crippen molar-refractivity contribution in [2.45, 2.75) is 38.9 Å². The molecule has 160 valence electrons. The van der Waals surface area contributed by atoms with Gasteiger partial charge in [-0.3, -0.25) is 4.68 Å². The number of nitrogens with zero attached hydrogens (tertiary/aromatic N) is 5. The third kappa shape index (κ3) is 3.62. The second kappa shape index (κ2) is 7.53. The van der Waals surface area contributed by atoms with Crippen LogP contribution in [0.2, 0.25) is 0 Å². The summed E-state index contributed by atoms with van der Waals surface area (Å²) in [6.45, 7) is 4.78. The summed E-state index contributed by atoms with van der Waals surface area (Å²) < 4.78 is 45.1. The van der Waals surface area contributed by atoms with Crippen molar-refractivity contribution in [1.82, 2.24) is 19.7 Å². The number of hydrogen-bond donors (Lipinski definition) is 0. The fraction of sp³-hybridized carbons (Fsp3) is 0.474. The number of halogens is 3. The van der Waals surface area contributed by atoms with Crippen molar-refractivity contribution >= 4 is 33.3 Å². The monoisotopic (exact) mass is 439 g/mol. The maximum atomic E-state index is 12.9.